The summed E-state index contributed by atoms with van der Waals surface area (Å²) in [6.07, 6.45) is 4.63. The molecule has 0 spiro atoms. The van der Waals surface area contributed by atoms with Gasteiger partial charge in [-0.1, -0.05) is 6.42 Å². The molecule has 0 radical (unpaired) electrons. The van der Waals surface area contributed by atoms with E-state index in [0.29, 0.717) is 32.4 Å². The Labute approximate surface area is 96.4 Å². The molecule has 0 aliphatic carbocycles. The molecule has 0 atom stereocenters. The van der Waals surface area contributed by atoms with Crippen LogP contribution in [-0.2, 0) is 9.59 Å². The number of hydrogen-bond donors (Lipinski definition) is 2. The van der Waals surface area contributed by atoms with Crippen molar-refractivity contribution < 1.29 is 14.7 Å². The second kappa shape index (κ2) is 10.4. The van der Waals surface area contributed by atoms with Crippen LogP contribution in [0.5, 0.6) is 0 Å². The van der Waals surface area contributed by atoms with Crippen molar-refractivity contribution in [3.8, 4) is 0 Å². The van der Waals surface area contributed by atoms with E-state index in [1.165, 1.54) is 0 Å². The highest BCUT2D eigenvalue weighted by atomic mass is 16.4. The van der Waals surface area contributed by atoms with E-state index in [1.54, 1.807) is 0 Å². The number of carbonyl (C=O) groups is 2. The van der Waals surface area contributed by atoms with Gasteiger partial charge in [0.1, 0.15) is 0 Å². The molecule has 0 aromatic carbocycles. The van der Waals surface area contributed by atoms with Crippen molar-refractivity contribution in [2.75, 3.05) is 13.1 Å². The van der Waals surface area contributed by atoms with E-state index in [4.69, 9.17) is 5.73 Å². The second-order valence-corrected chi connectivity index (χ2v) is 3.78. The van der Waals surface area contributed by atoms with Crippen molar-refractivity contribution in [1.29, 1.82) is 0 Å². The first-order chi connectivity index (χ1) is 7.66. The lowest BCUT2D eigenvalue weighted by atomic mass is 10.2. The fourth-order valence-corrected chi connectivity index (χ4v) is 1.32. The van der Waals surface area contributed by atoms with E-state index in [0.717, 1.165) is 19.3 Å². The van der Waals surface area contributed by atoms with Crippen LogP contribution in [0.15, 0.2) is 0 Å². The SMILES string of the molecule is NCCCCCC(=O)NCCCCC(=O)[O-]. The molecule has 0 fully saturated rings. The van der Waals surface area contributed by atoms with E-state index in [2.05, 4.69) is 5.32 Å². The van der Waals surface area contributed by atoms with Gasteiger partial charge in [0.15, 0.2) is 0 Å². The van der Waals surface area contributed by atoms with Gasteiger partial charge in [-0.05, 0) is 38.6 Å². The molecule has 0 aromatic rings. The van der Waals surface area contributed by atoms with E-state index in [9.17, 15) is 14.7 Å². The van der Waals surface area contributed by atoms with Crippen molar-refractivity contribution in [1.82, 2.24) is 5.32 Å². The van der Waals surface area contributed by atoms with E-state index >= 15 is 0 Å². The van der Waals surface area contributed by atoms with Crippen LogP contribution in [0.25, 0.3) is 0 Å². The van der Waals surface area contributed by atoms with Gasteiger partial charge in [0.05, 0.1) is 0 Å². The van der Waals surface area contributed by atoms with Gasteiger partial charge in [0.25, 0.3) is 0 Å². The van der Waals surface area contributed by atoms with Crippen LogP contribution in [0.4, 0.5) is 0 Å². The number of unbranched alkanes of at least 4 members (excludes halogenated alkanes) is 3. The van der Waals surface area contributed by atoms with Gasteiger partial charge < -0.3 is 21.0 Å². The lowest BCUT2D eigenvalue weighted by molar-refractivity contribution is -0.305. The molecule has 1 amide bonds. The zero-order valence-electron chi connectivity index (χ0n) is 9.67. The Kier molecular flexibility index (Phi) is 9.70. The van der Waals surface area contributed by atoms with Crippen LogP contribution >= 0.6 is 0 Å². The topological polar surface area (TPSA) is 95.2 Å². The summed E-state index contributed by atoms with van der Waals surface area (Å²) in [6.45, 7) is 1.22. The monoisotopic (exact) mass is 229 g/mol. The van der Waals surface area contributed by atoms with Crippen molar-refractivity contribution in [2.24, 2.45) is 5.73 Å². The number of hydrogen-bond acceptors (Lipinski definition) is 4. The predicted molar refractivity (Wildman–Crippen MR) is 59.4 cm³/mol. The van der Waals surface area contributed by atoms with Gasteiger partial charge in [0, 0.05) is 18.9 Å². The number of amides is 1. The highest BCUT2D eigenvalue weighted by Gasteiger charge is 1.99. The van der Waals surface area contributed by atoms with E-state index < -0.39 is 5.97 Å². The van der Waals surface area contributed by atoms with Crippen LogP contribution in [-0.4, -0.2) is 25.0 Å². The predicted octanol–water partition coefficient (Wildman–Crippen LogP) is -0.458. The first-order valence-electron chi connectivity index (χ1n) is 5.83. The zero-order valence-corrected chi connectivity index (χ0v) is 9.67. The van der Waals surface area contributed by atoms with Gasteiger partial charge >= 0.3 is 0 Å². The zero-order chi connectivity index (χ0) is 12.2. The van der Waals surface area contributed by atoms with Crippen molar-refractivity contribution in [3.63, 3.8) is 0 Å². The fourth-order valence-electron chi connectivity index (χ4n) is 1.32. The molecular formula is C11H21N2O3-. The minimum Gasteiger partial charge on any atom is -0.550 e. The Morgan fingerprint density at radius 1 is 1.00 bits per heavy atom. The Bertz CT molecular complexity index is 207. The standard InChI is InChI=1S/C11H22N2O3/c12-8-4-1-2-6-10(14)13-9-5-3-7-11(15)16/h1-9,12H2,(H,13,14)(H,15,16)/p-1. The molecule has 5 nitrogen and oxygen atoms in total. The van der Waals surface area contributed by atoms with Crippen LogP contribution in [0.3, 0.4) is 0 Å². The third kappa shape index (κ3) is 11.0. The highest BCUT2D eigenvalue weighted by Crippen LogP contribution is 1.98. The summed E-state index contributed by atoms with van der Waals surface area (Å²) < 4.78 is 0. The molecule has 0 aliphatic heterocycles. The summed E-state index contributed by atoms with van der Waals surface area (Å²) in [6, 6.07) is 0. The second-order valence-electron chi connectivity index (χ2n) is 3.78. The molecule has 0 rings (SSSR count). The molecule has 94 valence electrons. The van der Waals surface area contributed by atoms with Crippen molar-refractivity contribution >= 4 is 11.9 Å². The molecule has 0 unspecified atom stereocenters. The number of aliphatic carboxylic acids is 1. The number of carboxylic acids is 1. The maximum Gasteiger partial charge on any atom is 0.219 e. The van der Waals surface area contributed by atoms with Crippen molar-refractivity contribution in [2.45, 2.75) is 44.9 Å². The fraction of sp³-hybridized carbons (Fsp3) is 0.818. The average molecular weight is 229 g/mol. The first-order valence-corrected chi connectivity index (χ1v) is 5.83. The van der Waals surface area contributed by atoms with Crippen LogP contribution in [0.2, 0.25) is 0 Å². The van der Waals surface area contributed by atoms with Crippen LogP contribution < -0.4 is 16.2 Å². The number of carbonyl (C=O) groups excluding carboxylic acids is 2. The van der Waals surface area contributed by atoms with Gasteiger partial charge in [-0.15, -0.1) is 0 Å². The maximum atomic E-state index is 11.2. The normalized spacial score (nSPS) is 10.1. The molecule has 0 aliphatic rings. The molecular weight excluding hydrogens is 208 g/mol. The summed E-state index contributed by atoms with van der Waals surface area (Å²) >= 11 is 0. The van der Waals surface area contributed by atoms with E-state index in [-0.39, 0.29) is 12.3 Å². The summed E-state index contributed by atoms with van der Waals surface area (Å²) in [7, 11) is 0. The summed E-state index contributed by atoms with van der Waals surface area (Å²) in [5, 5.41) is 12.8. The summed E-state index contributed by atoms with van der Waals surface area (Å²) in [5.41, 5.74) is 5.33. The molecule has 0 heterocycles. The van der Waals surface area contributed by atoms with E-state index in [1.807, 2.05) is 0 Å². The maximum absolute atomic E-state index is 11.2. The van der Waals surface area contributed by atoms with Gasteiger partial charge in [-0.3, -0.25) is 4.79 Å². The van der Waals surface area contributed by atoms with Crippen LogP contribution in [0.1, 0.15) is 44.9 Å². The van der Waals surface area contributed by atoms with Crippen LogP contribution in [0, 0.1) is 0 Å². The number of nitrogens with one attached hydrogen (secondary N) is 1. The van der Waals surface area contributed by atoms with Crippen molar-refractivity contribution in [3.05, 3.63) is 0 Å². The minimum absolute atomic E-state index is 0.0328. The summed E-state index contributed by atoms with van der Waals surface area (Å²) in [4.78, 5) is 21.3. The first kappa shape index (κ1) is 14.9. The highest BCUT2D eigenvalue weighted by molar-refractivity contribution is 5.75. The average Bonchev–Trinajstić information content (AvgIpc) is 2.23. The lowest BCUT2D eigenvalue weighted by Crippen LogP contribution is -2.25. The Morgan fingerprint density at radius 3 is 2.31 bits per heavy atom. The largest absolute Gasteiger partial charge is 0.550 e. The number of nitrogens with two attached hydrogens (primary N) is 1. The van der Waals surface area contributed by atoms with Gasteiger partial charge in [-0.2, -0.15) is 0 Å². The molecule has 0 saturated carbocycles. The Morgan fingerprint density at radius 2 is 1.69 bits per heavy atom. The molecule has 16 heavy (non-hydrogen) atoms. The summed E-state index contributed by atoms with van der Waals surface area (Å²) in [5.74, 6) is -1.00. The Balaban J connectivity index is 3.20. The smallest absolute Gasteiger partial charge is 0.219 e. The third-order valence-electron chi connectivity index (χ3n) is 2.24. The third-order valence-corrected chi connectivity index (χ3v) is 2.24. The molecule has 0 bridgehead atoms. The quantitative estimate of drug-likeness (QED) is 0.496. The molecule has 3 N–H and O–H groups in total. The Hall–Kier alpha value is -1.10. The number of rotatable bonds is 10. The van der Waals surface area contributed by atoms with Gasteiger partial charge in [-0.25, -0.2) is 0 Å². The minimum atomic E-state index is -1.03. The lowest BCUT2D eigenvalue weighted by Gasteiger charge is -2.05. The molecule has 5 heteroatoms. The van der Waals surface area contributed by atoms with Gasteiger partial charge in [0.2, 0.25) is 5.91 Å². The molecule has 0 saturated heterocycles. The molecule has 0 aromatic heterocycles. The number of carboxylic acid groups (broad SMARTS) is 1.